The Morgan fingerprint density at radius 3 is 3.11 bits per heavy atom. The molecular weight excluding hydrogens is 360 g/mol. The van der Waals surface area contributed by atoms with Crippen molar-refractivity contribution in [3.63, 3.8) is 0 Å². The maximum absolute atomic E-state index is 12.6. The van der Waals surface area contributed by atoms with Crippen LogP contribution < -0.4 is 21.4 Å². The number of aromatic nitrogens is 5. The number of methoxy groups -OCH3 is 1. The third-order valence-electron chi connectivity index (χ3n) is 4.41. The Bertz CT molecular complexity index is 1270. The highest BCUT2D eigenvalue weighted by Crippen LogP contribution is 2.13. The van der Waals surface area contributed by atoms with Gasteiger partial charge in [0.15, 0.2) is 5.52 Å². The number of carbonyl (C=O) groups excluding carboxylic acids is 1. The topological polar surface area (TPSA) is 115 Å². The normalized spacial score (nSPS) is 15.6. The maximum Gasteiger partial charge on any atom is 0.413 e. The summed E-state index contributed by atoms with van der Waals surface area (Å²) < 4.78 is 6.09. The number of hydrogen-bond acceptors (Lipinski definition) is 6. The van der Waals surface area contributed by atoms with Crippen molar-refractivity contribution in [2.24, 2.45) is 5.92 Å². The monoisotopic (exact) mass is 378 g/mol. The third-order valence-corrected chi connectivity index (χ3v) is 4.41. The number of amides is 1. The summed E-state index contributed by atoms with van der Waals surface area (Å²) in [6.45, 7) is 2.46. The molecule has 28 heavy (non-hydrogen) atoms. The van der Waals surface area contributed by atoms with E-state index < -0.39 is 11.7 Å². The minimum Gasteiger partial charge on any atom is -0.453 e. The predicted octanol–water partition coefficient (Wildman–Crippen LogP) is 0.530. The number of anilines is 1. The molecule has 1 aliphatic carbocycles. The van der Waals surface area contributed by atoms with Crippen molar-refractivity contribution in [3.8, 4) is 0 Å². The van der Waals surface area contributed by atoms with Crippen LogP contribution in [0.5, 0.6) is 0 Å². The van der Waals surface area contributed by atoms with Gasteiger partial charge in [-0.3, -0.25) is 24.8 Å². The van der Waals surface area contributed by atoms with Gasteiger partial charge in [0.25, 0.3) is 5.56 Å². The van der Waals surface area contributed by atoms with Gasteiger partial charge in [0.2, 0.25) is 5.95 Å². The molecular formula is C19H18N6O3. The van der Waals surface area contributed by atoms with Gasteiger partial charge in [-0.15, -0.1) is 0 Å². The number of aromatic amines is 1. The van der Waals surface area contributed by atoms with Crippen molar-refractivity contribution in [1.29, 1.82) is 0 Å². The number of ether oxygens (including phenoxy) is 1. The van der Waals surface area contributed by atoms with E-state index in [0.29, 0.717) is 17.6 Å². The summed E-state index contributed by atoms with van der Waals surface area (Å²) in [7, 11) is 1.23. The molecule has 4 rings (SSSR count). The van der Waals surface area contributed by atoms with E-state index in [-0.39, 0.29) is 11.9 Å². The zero-order valence-electron chi connectivity index (χ0n) is 15.3. The number of rotatable bonds is 3. The number of nitrogens with one attached hydrogen (secondary N) is 2. The smallest absolute Gasteiger partial charge is 0.413 e. The molecule has 9 heteroatoms. The van der Waals surface area contributed by atoms with Crippen molar-refractivity contribution in [1.82, 2.24) is 24.7 Å². The van der Waals surface area contributed by atoms with Crippen LogP contribution in [-0.4, -0.2) is 37.9 Å². The highest BCUT2D eigenvalue weighted by atomic mass is 16.5. The fourth-order valence-corrected chi connectivity index (χ4v) is 3.13. The second-order valence-electron chi connectivity index (χ2n) is 6.42. The quantitative estimate of drug-likeness (QED) is 0.687. The number of nitrogens with zero attached hydrogens (tertiary/aromatic N) is 4. The summed E-state index contributed by atoms with van der Waals surface area (Å²) in [6.07, 6.45) is 8.76. The van der Waals surface area contributed by atoms with Gasteiger partial charge in [0.1, 0.15) is 5.52 Å². The van der Waals surface area contributed by atoms with Crippen LogP contribution in [-0.2, 0) is 11.3 Å². The Kier molecular flexibility index (Phi) is 4.48. The second-order valence-corrected chi connectivity index (χ2v) is 6.42. The molecule has 1 atom stereocenters. The molecule has 0 bridgehead atoms. The van der Waals surface area contributed by atoms with Crippen molar-refractivity contribution in [2.45, 2.75) is 13.5 Å². The number of allylic oxidation sites excluding steroid dienone is 2. The molecule has 0 fully saturated rings. The molecule has 1 amide bonds. The van der Waals surface area contributed by atoms with E-state index in [4.69, 9.17) is 0 Å². The lowest BCUT2D eigenvalue weighted by atomic mass is 10.1. The predicted molar refractivity (Wildman–Crippen MR) is 104 cm³/mol. The minimum atomic E-state index is -0.720. The molecule has 1 unspecified atom stereocenters. The fraction of sp³-hybridized carbons (Fsp3) is 0.211. The van der Waals surface area contributed by atoms with E-state index in [1.165, 1.54) is 13.3 Å². The lowest BCUT2D eigenvalue weighted by molar-refractivity contribution is 0.186. The number of hydrogen-bond donors (Lipinski definition) is 2. The lowest BCUT2D eigenvalue weighted by Gasteiger charge is -2.06. The van der Waals surface area contributed by atoms with Gasteiger partial charge >= 0.3 is 6.09 Å². The van der Waals surface area contributed by atoms with Crippen LogP contribution >= 0.6 is 0 Å². The van der Waals surface area contributed by atoms with Gasteiger partial charge in [0, 0.05) is 6.20 Å². The second kappa shape index (κ2) is 7.10. The maximum atomic E-state index is 12.6. The molecule has 9 nitrogen and oxygen atoms in total. The number of pyridine rings is 1. The fourth-order valence-electron chi connectivity index (χ4n) is 3.13. The first-order chi connectivity index (χ1) is 13.5. The Labute approximate surface area is 159 Å². The van der Waals surface area contributed by atoms with Crippen LogP contribution in [0.25, 0.3) is 22.7 Å². The number of H-pyrrole nitrogens is 1. The first kappa shape index (κ1) is 17.7. The van der Waals surface area contributed by atoms with Crippen LogP contribution in [0, 0.1) is 5.92 Å². The van der Waals surface area contributed by atoms with Crippen molar-refractivity contribution < 1.29 is 9.53 Å². The van der Waals surface area contributed by atoms with E-state index >= 15 is 0 Å². The average Bonchev–Trinajstić information content (AvgIpc) is 3.01. The zero-order chi connectivity index (χ0) is 19.7. The van der Waals surface area contributed by atoms with Crippen molar-refractivity contribution in [2.75, 3.05) is 12.4 Å². The van der Waals surface area contributed by atoms with Crippen LogP contribution in [0.1, 0.15) is 6.92 Å². The summed E-state index contributed by atoms with van der Waals surface area (Å²) in [5.41, 5.74) is 1.22. The summed E-state index contributed by atoms with van der Waals surface area (Å²) in [5, 5.41) is 8.56. The highest BCUT2D eigenvalue weighted by Gasteiger charge is 2.14. The van der Waals surface area contributed by atoms with Gasteiger partial charge < -0.3 is 4.74 Å². The van der Waals surface area contributed by atoms with Crippen LogP contribution in [0.15, 0.2) is 41.5 Å². The zero-order valence-corrected chi connectivity index (χ0v) is 15.3. The van der Waals surface area contributed by atoms with E-state index in [0.717, 1.165) is 16.1 Å². The summed E-state index contributed by atoms with van der Waals surface area (Å²) in [5.74, 6) is 0.271. The molecule has 0 aromatic carbocycles. The Hall–Kier alpha value is -3.75. The van der Waals surface area contributed by atoms with Gasteiger partial charge in [-0.1, -0.05) is 31.2 Å². The van der Waals surface area contributed by atoms with E-state index in [1.54, 1.807) is 10.9 Å². The van der Waals surface area contributed by atoms with Crippen molar-refractivity contribution in [3.05, 3.63) is 57.6 Å². The average molecular weight is 378 g/mol. The molecule has 1 aliphatic rings. The molecule has 142 valence electrons. The molecule has 3 aromatic heterocycles. The first-order valence-electron chi connectivity index (χ1n) is 8.70. The summed E-state index contributed by atoms with van der Waals surface area (Å²) in [4.78, 5) is 35.1. The molecule has 0 aliphatic heterocycles. The van der Waals surface area contributed by atoms with Gasteiger partial charge in [-0.05, 0) is 22.8 Å². The Balaban J connectivity index is 1.79. The van der Waals surface area contributed by atoms with Crippen LogP contribution in [0.2, 0.25) is 0 Å². The molecule has 0 spiro atoms. The first-order valence-corrected chi connectivity index (χ1v) is 8.70. The summed E-state index contributed by atoms with van der Waals surface area (Å²) in [6, 6.07) is 3.92. The Morgan fingerprint density at radius 1 is 1.43 bits per heavy atom. The van der Waals surface area contributed by atoms with Gasteiger partial charge in [0.05, 0.1) is 25.2 Å². The van der Waals surface area contributed by atoms with Gasteiger partial charge in [-0.25, -0.2) is 9.78 Å². The van der Waals surface area contributed by atoms with E-state index in [1.807, 2.05) is 18.2 Å². The molecule has 0 radical (unpaired) electrons. The SMILES string of the molecule is COC(=O)Nc1nc2cnn(CC3=c4ncccc4=CC(C)C=C3)c2c(=O)[nH]1. The standard InChI is InChI=1S/C19H18N6O3/c1-11-5-6-13(15-12(8-11)4-3-7-20-15)10-25-16-14(9-21-25)22-18(23-17(16)26)24-19(27)28-2/h3-9,11H,10H2,1-2H3,(H2,22,23,24,26,27). The third kappa shape index (κ3) is 3.29. The van der Waals surface area contributed by atoms with Gasteiger partial charge in [-0.2, -0.15) is 5.10 Å². The van der Waals surface area contributed by atoms with E-state index in [9.17, 15) is 9.59 Å². The molecule has 3 heterocycles. The largest absolute Gasteiger partial charge is 0.453 e. The van der Waals surface area contributed by atoms with E-state index in [2.05, 4.69) is 49.2 Å². The number of fused-ring (bicyclic) bond motifs is 2. The molecule has 0 saturated carbocycles. The molecule has 3 aromatic rings. The molecule has 2 N–H and O–H groups in total. The highest BCUT2D eigenvalue weighted by molar-refractivity contribution is 5.84. The molecule has 0 saturated heterocycles. The lowest BCUT2D eigenvalue weighted by Crippen LogP contribution is -2.31. The summed E-state index contributed by atoms with van der Waals surface area (Å²) >= 11 is 0. The van der Waals surface area contributed by atoms with Crippen LogP contribution in [0.4, 0.5) is 10.7 Å². The Morgan fingerprint density at radius 2 is 2.29 bits per heavy atom. The van der Waals surface area contributed by atoms with Crippen molar-refractivity contribution >= 4 is 34.7 Å². The minimum absolute atomic E-state index is 0.00125. The number of carbonyl (C=O) groups is 1. The van der Waals surface area contributed by atoms with Crippen LogP contribution in [0.3, 0.4) is 0 Å².